The SMILES string of the molecule is CCCCC(CCCC)NC(=O)c1ccc2nc(NCc3ccc(C(=O)OC)cc3)n(CCCN3CCCCC3)c2c1. The number of nitrogens with one attached hydrogen (secondary N) is 2. The predicted octanol–water partition coefficient (Wildman–Crippen LogP) is 6.79. The Kier molecular flexibility index (Phi) is 12.2. The van der Waals surface area contributed by atoms with Crippen molar-refractivity contribution in [2.75, 3.05) is 32.1 Å². The number of methoxy groups -OCH3 is 1. The van der Waals surface area contributed by atoms with Gasteiger partial charge in [0.15, 0.2) is 0 Å². The molecule has 0 spiro atoms. The predicted molar refractivity (Wildman–Crippen MR) is 170 cm³/mol. The fraction of sp³-hybridized carbons (Fsp3) is 0.559. The number of piperidine rings is 1. The highest BCUT2D eigenvalue weighted by molar-refractivity contribution is 5.98. The van der Waals surface area contributed by atoms with Crippen molar-refractivity contribution in [3.05, 3.63) is 59.2 Å². The summed E-state index contributed by atoms with van der Waals surface area (Å²) in [4.78, 5) is 32.7. The van der Waals surface area contributed by atoms with Crippen molar-refractivity contribution in [3.63, 3.8) is 0 Å². The van der Waals surface area contributed by atoms with E-state index in [1.165, 1.54) is 39.5 Å². The van der Waals surface area contributed by atoms with E-state index in [2.05, 4.69) is 33.9 Å². The molecule has 8 nitrogen and oxygen atoms in total. The third-order valence-corrected chi connectivity index (χ3v) is 8.29. The molecule has 8 heteroatoms. The van der Waals surface area contributed by atoms with Crippen LogP contribution in [0.15, 0.2) is 42.5 Å². The molecular formula is C34H49N5O3. The zero-order chi connectivity index (χ0) is 29.7. The van der Waals surface area contributed by atoms with Crippen molar-refractivity contribution in [1.82, 2.24) is 19.8 Å². The molecule has 1 saturated heterocycles. The van der Waals surface area contributed by atoms with Gasteiger partial charge in [-0.05, 0) is 87.6 Å². The number of hydrogen-bond acceptors (Lipinski definition) is 6. The van der Waals surface area contributed by atoms with Crippen LogP contribution in [0.5, 0.6) is 0 Å². The van der Waals surface area contributed by atoms with Gasteiger partial charge in [0, 0.05) is 24.7 Å². The molecule has 4 rings (SSSR count). The molecule has 1 aromatic heterocycles. The number of esters is 1. The van der Waals surface area contributed by atoms with Crippen molar-refractivity contribution in [1.29, 1.82) is 0 Å². The standard InChI is InChI=1S/C34H49N5O3/c1-4-6-12-29(13-7-5-2)36-32(40)28-18-19-30-31(24-28)39(23-11-22-38-20-9-8-10-21-38)34(37-30)35-25-26-14-16-27(17-15-26)33(41)42-3/h14-19,24,29H,4-13,20-23,25H2,1-3H3,(H,35,37)(H,36,40). The molecule has 2 heterocycles. The second-order valence-electron chi connectivity index (χ2n) is 11.5. The van der Waals surface area contributed by atoms with Crippen molar-refractivity contribution < 1.29 is 14.3 Å². The molecule has 2 aromatic carbocycles. The Hall–Kier alpha value is -3.39. The first-order valence-corrected chi connectivity index (χ1v) is 16.0. The van der Waals surface area contributed by atoms with E-state index < -0.39 is 0 Å². The lowest BCUT2D eigenvalue weighted by molar-refractivity contribution is 0.0600. The molecule has 0 radical (unpaired) electrons. The number of carbonyl (C=O) groups excluding carboxylic acids is 2. The number of amides is 1. The highest BCUT2D eigenvalue weighted by Gasteiger charge is 2.18. The van der Waals surface area contributed by atoms with Gasteiger partial charge in [-0.3, -0.25) is 4.79 Å². The highest BCUT2D eigenvalue weighted by atomic mass is 16.5. The van der Waals surface area contributed by atoms with Crippen LogP contribution >= 0.6 is 0 Å². The van der Waals surface area contributed by atoms with Gasteiger partial charge in [-0.25, -0.2) is 9.78 Å². The first-order valence-electron chi connectivity index (χ1n) is 16.0. The lowest BCUT2D eigenvalue weighted by Crippen LogP contribution is -2.34. The summed E-state index contributed by atoms with van der Waals surface area (Å²) in [5.41, 5.74) is 4.11. The average Bonchev–Trinajstić information content (AvgIpc) is 3.38. The molecule has 2 N–H and O–H groups in total. The second kappa shape index (κ2) is 16.3. The molecule has 228 valence electrons. The molecule has 42 heavy (non-hydrogen) atoms. The minimum Gasteiger partial charge on any atom is -0.465 e. The summed E-state index contributed by atoms with van der Waals surface area (Å²) in [5.74, 6) is 0.448. The van der Waals surface area contributed by atoms with E-state index >= 15 is 0 Å². The van der Waals surface area contributed by atoms with Crippen molar-refractivity contribution in [3.8, 4) is 0 Å². The van der Waals surface area contributed by atoms with Gasteiger partial charge in [-0.15, -0.1) is 0 Å². The lowest BCUT2D eigenvalue weighted by atomic mass is 10.0. The smallest absolute Gasteiger partial charge is 0.337 e. The molecule has 1 amide bonds. The van der Waals surface area contributed by atoms with Gasteiger partial charge in [0.2, 0.25) is 5.95 Å². The monoisotopic (exact) mass is 575 g/mol. The third-order valence-electron chi connectivity index (χ3n) is 8.29. The van der Waals surface area contributed by atoms with Crippen LogP contribution in [0.1, 0.15) is 104 Å². The second-order valence-corrected chi connectivity index (χ2v) is 11.5. The number of ether oxygens (including phenoxy) is 1. The number of imidazole rings is 1. The molecule has 1 aliphatic rings. The number of benzene rings is 2. The van der Waals surface area contributed by atoms with Gasteiger partial charge in [0.05, 0.1) is 23.7 Å². The van der Waals surface area contributed by atoms with Crippen LogP contribution in [0.4, 0.5) is 5.95 Å². The van der Waals surface area contributed by atoms with E-state index in [-0.39, 0.29) is 17.9 Å². The Balaban J connectivity index is 1.53. The summed E-state index contributed by atoms with van der Waals surface area (Å²) in [6.45, 7) is 9.20. The fourth-order valence-corrected chi connectivity index (χ4v) is 5.78. The Morgan fingerprint density at radius 2 is 1.60 bits per heavy atom. The number of carbonyl (C=O) groups is 2. The molecular weight excluding hydrogens is 526 g/mol. The van der Waals surface area contributed by atoms with Crippen molar-refractivity contribution >= 4 is 28.9 Å². The van der Waals surface area contributed by atoms with E-state index in [0.29, 0.717) is 17.7 Å². The maximum absolute atomic E-state index is 13.4. The molecule has 0 unspecified atom stereocenters. The highest BCUT2D eigenvalue weighted by Crippen LogP contribution is 2.23. The average molecular weight is 576 g/mol. The first kappa shape index (κ1) is 31.5. The Bertz CT molecular complexity index is 1270. The maximum atomic E-state index is 13.4. The van der Waals surface area contributed by atoms with Gasteiger partial charge >= 0.3 is 5.97 Å². The van der Waals surface area contributed by atoms with E-state index in [9.17, 15) is 9.59 Å². The molecule has 1 fully saturated rings. The summed E-state index contributed by atoms with van der Waals surface area (Å²) >= 11 is 0. The van der Waals surface area contributed by atoms with Gasteiger partial charge < -0.3 is 24.8 Å². The Morgan fingerprint density at radius 3 is 2.26 bits per heavy atom. The topological polar surface area (TPSA) is 88.5 Å². The van der Waals surface area contributed by atoms with Crippen molar-refractivity contribution in [2.45, 2.75) is 97.2 Å². The quantitative estimate of drug-likeness (QED) is 0.183. The normalized spacial score (nSPS) is 13.9. The summed E-state index contributed by atoms with van der Waals surface area (Å²) in [6.07, 6.45) is 11.5. The number of hydrogen-bond donors (Lipinski definition) is 2. The number of aromatic nitrogens is 2. The molecule has 0 bridgehead atoms. The molecule has 1 aliphatic heterocycles. The molecule has 0 saturated carbocycles. The van der Waals surface area contributed by atoms with E-state index in [4.69, 9.17) is 9.72 Å². The van der Waals surface area contributed by atoms with E-state index in [1.54, 1.807) is 12.1 Å². The van der Waals surface area contributed by atoms with Gasteiger partial charge in [0.25, 0.3) is 5.91 Å². The number of unbranched alkanes of at least 4 members (excludes halogenated alkanes) is 2. The van der Waals surface area contributed by atoms with Crippen LogP contribution in [-0.2, 0) is 17.8 Å². The summed E-state index contributed by atoms with van der Waals surface area (Å²) in [7, 11) is 1.39. The molecule has 3 aromatic rings. The zero-order valence-corrected chi connectivity index (χ0v) is 25.8. The van der Waals surface area contributed by atoms with Crippen LogP contribution in [0.25, 0.3) is 11.0 Å². The van der Waals surface area contributed by atoms with Crippen LogP contribution < -0.4 is 10.6 Å². The molecule has 0 atom stereocenters. The van der Waals surface area contributed by atoms with Crippen molar-refractivity contribution in [2.24, 2.45) is 0 Å². The summed E-state index contributed by atoms with van der Waals surface area (Å²) in [5, 5.41) is 6.84. The largest absolute Gasteiger partial charge is 0.465 e. The Morgan fingerprint density at radius 1 is 0.905 bits per heavy atom. The third kappa shape index (κ3) is 8.81. The maximum Gasteiger partial charge on any atom is 0.337 e. The van der Waals surface area contributed by atoms with Crippen LogP contribution in [0, 0.1) is 0 Å². The minimum atomic E-state index is -0.341. The van der Waals surface area contributed by atoms with E-state index in [0.717, 1.165) is 80.6 Å². The Labute approximate surface area is 251 Å². The van der Waals surface area contributed by atoms with Gasteiger partial charge in [-0.2, -0.15) is 0 Å². The van der Waals surface area contributed by atoms with Crippen LogP contribution in [-0.4, -0.2) is 59.1 Å². The van der Waals surface area contributed by atoms with Gasteiger partial charge in [-0.1, -0.05) is 58.1 Å². The van der Waals surface area contributed by atoms with E-state index in [1.807, 2.05) is 30.3 Å². The fourth-order valence-electron chi connectivity index (χ4n) is 5.78. The van der Waals surface area contributed by atoms with Gasteiger partial charge in [0.1, 0.15) is 0 Å². The number of anilines is 1. The summed E-state index contributed by atoms with van der Waals surface area (Å²) in [6, 6.07) is 13.5. The number of nitrogens with zero attached hydrogens (tertiary/aromatic N) is 3. The van der Waals surface area contributed by atoms with Crippen LogP contribution in [0.2, 0.25) is 0 Å². The number of rotatable bonds is 16. The summed E-state index contributed by atoms with van der Waals surface area (Å²) < 4.78 is 7.04. The molecule has 0 aliphatic carbocycles. The van der Waals surface area contributed by atoms with Crippen LogP contribution in [0.3, 0.4) is 0 Å². The number of likely N-dealkylation sites (tertiary alicyclic amines) is 1. The minimum absolute atomic E-state index is 0.00428. The zero-order valence-electron chi connectivity index (χ0n) is 25.8. The number of fused-ring (bicyclic) bond motifs is 1. The number of aryl methyl sites for hydroxylation is 1. The lowest BCUT2D eigenvalue weighted by Gasteiger charge is -2.26. The first-order chi connectivity index (χ1) is 20.5.